The second-order valence-corrected chi connectivity index (χ2v) is 8.21. The fourth-order valence-electron chi connectivity index (χ4n) is 2.93. The number of ether oxygens (including phenoxy) is 1. The Morgan fingerprint density at radius 1 is 1.17 bits per heavy atom. The summed E-state index contributed by atoms with van der Waals surface area (Å²) < 4.78 is 28.0. The Morgan fingerprint density at radius 2 is 1.91 bits per heavy atom. The standard InChI is InChI=1S/C16H19NO5S/c18-15-3-1-2-9-17(15)13-6-4-12(5-7-13)16(19)22-14-8-10-23(20,21)11-14/h4-7,14H,1-3,8-11H2/t14-/m1/s1. The van der Waals surface area contributed by atoms with E-state index < -0.39 is 21.9 Å². The van der Waals surface area contributed by atoms with Crippen LogP contribution in [0.3, 0.4) is 0 Å². The second kappa shape index (κ2) is 6.31. The van der Waals surface area contributed by atoms with Crippen LogP contribution in [-0.2, 0) is 19.4 Å². The number of amides is 1. The Morgan fingerprint density at radius 3 is 2.52 bits per heavy atom. The Balaban J connectivity index is 1.65. The molecule has 1 amide bonds. The van der Waals surface area contributed by atoms with Gasteiger partial charge in [-0.25, -0.2) is 13.2 Å². The summed E-state index contributed by atoms with van der Waals surface area (Å²) in [5.74, 6) is -0.452. The molecule has 2 saturated heterocycles. The average molecular weight is 337 g/mol. The summed E-state index contributed by atoms with van der Waals surface area (Å²) in [4.78, 5) is 25.7. The van der Waals surface area contributed by atoms with Crippen molar-refractivity contribution < 1.29 is 22.7 Å². The van der Waals surface area contributed by atoms with Crippen LogP contribution in [-0.4, -0.2) is 44.4 Å². The number of hydrogen-bond donors (Lipinski definition) is 0. The molecule has 0 unspecified atom stereocenters. The van der Waals surface area contributed by atoms with E-state index in [1.165, 1.54) is 0 Å². The number of piperidine rings is 1. The molecule has 0 aromatic heterocycles. The van der Waals surface area contributed by atoms with E-state index in [1.54, 1.807) is 29.2 Å². The largest absolute Gasteiger partial charge is 0.458 e. The van der Waals surface area contributed by atoms with Crippen LogP contribution in [0.5, 0.6) is 0 Å². The number of nitrogens with zero attached hydrogens (tertiary/aromatic N) is 1. The maximum Gasteiger partial charge on any atom is 0.338 e. The lowest BCUT2D eigenvalue weighted by atomic mass is 10.1. The molecule has 3 rings (SSSR count). The first kappa shape index (κ1) is 16.0. The Labute approximate surface area is 135 Å². The van der Waals surface area contributed by atoms with Crippen LogP contribution in [0.4, 0.5) is 5.69 Å². The minimum absolute atomic E-state index is 0.0704. The summed E-state index contributed by atoms with van der Waals surface area (Å²) in [6, 6.07) is 6.68. The maximum atomic E-state index is 12.1. The number of anilines is 1. The topological polar surface area (TPSA) is 80.8 Å². The summed E-state index contributed by atoms with van der Waals surface area (Å²) in [6.45, 7) is 0.697. The fraction of sp³-hybridized carbons (Fsp3) is 0.500. The highest BCUT2D eigenvalue weighted by Crippen LogP contribution is 2.22. The molecule has 2 aliphatic rings. The molecule has 6 nitrogen and oxygen atoms in total. The molecule has 7 heteroatoms. The van der Waals surface area contributed by atoms with Gasteiger partial charge in [0.1, 0.15) is 6.10 Å². The highest BCUT2D eigenvalue weighted by Gasteiger charge is 2.31. The van der Waals surface area contributed by atoms with Crippen LogP contribution < -0.4 is 4.90 Å². The summed E-state index contributed by atoms with van der Waals surface area (Å²) >= 11 is 0. The third-order valence-electron chi connectivity index (χ3n) is 4.20. The molecule has 0 radical (unpaired) electrons. The maximum absolute atomic E-state index is 12.1. The van der Waals surface area contributed by atoms with Gasteiger partial charge < -0.3 is 9.64 Å². The van der Waals surface area contributed by atoms with Crippen LogP contribution in [0.2, 0.25) is 0 Å². The predicted molar refractivity (Wildman–Crippen MR) is 85.1 cm³/mol. The molecule has 1 atom stereocenters. The summed E-state index contributed by atoms with van der Waals surface area (Å²) in [5.41, 5.74) is 1.14. The number of carbonyl (C=O) groups is 2. The third-order valence-corrected chi connectivity index (χ3v) is 5.94. The van der Waals surface area contributed by atoms with E-state index >= 15 is 0 Å². The van der Waals surface area contributed by atoms with E-state index in [-0.39, 0.29) is 17.4 Å². The van der Waals surface area contributed by atoms with Crippen molar-refractivity contribution in [2.45, 2.75) is 31.8 Å². The zero-order chi connectivity index (χ0) is 16.4. The van der Waals surface area contributed by atoms with Gasteiger partial charge in [0.25, 0.3) is 0 Å². The molecule has 23 heavy (non-hydrogen) atoms. The van der Waals surface area contributed by atoms with E-state index in [1.807, 2.05) is 0 Å². The summed E-state index contributed by atoms with van der Waals surface area (Å²) in [6.07, 6.45) is 2.25. The Bertz CT molecular complexity index is 710. The molecule has 0 aliphatic carbocycles. The number of rotatable bonds is 3. The van der Waals surface area contributed by atoms with Gasteiger partial charge in [-0.1, -0.05) is 0 Å². The number of benzene rings is 1. The van der Waals surface area contributed by atoms with Gasteiger partial charge in [-0.3, -0.25) is 4.79 Å². The summed E-state index contributed by atoms with van der Waals surface area (Å²) in [7, 11) is -3.07. The predicted octanol–water partition coefficient (Wildman–Crippen LogP) is 1.55. The van der Waals surface area contributed by atoms with Crippen molar-refractivity contribution >= 4 is 27.4 Å². The molecule has 0 bridgehead atoms. The van der Waals surface area contributed by atoms with Crippen molar-refractivity contribution in [3.63, 3.8) is 0 Å². The minimum Gasteiger partial charge on any atom is -0.458 e. The summed E-state index contributed by atoms with van der Waals surface area (Å²) in [5, 5.41) is 0. The quantitative estimate of drug-likeness (QED) is 0.782. The minimum atomic E-state index is -3.07. The van der Waals surface area contributed by atoms with E-state index in [2.05, 4.69) is 0 Å². The number of esters is 1. The van der Waals surface area contributed by atoms with Gasteiger partial charge in [-0.15, -0.1) is 0 Å². The van der Waals surface area contributed by atoms with E-state index in [0.717, 1.165) is 18.5 Å². The molecule has 2 fully saturated rings. The van der Waals surface area contributed by atoms with Gasteiger partial charge in [0.05, 0.1) is 17.1 Å². The van der Waals surface area contributed by atoms with Crippen molar-refractivity contribution in [1.29, 1.82) is 0 Å². The molecule has 1 aromatic carbocycles. The van der Waals surface area contributed by atoms with Crippen molar-refractivity contribution in [3.8, 4) is 0 Å². The Kier molecular flexibility index (Phi) is 4.39. The van der Waals surface area contributed by atoms with Crippen LogP contribution in [0.1, 0.15) is 36.0 Å². The second-order valence-electron chi connectivity index (χ2n) is 5.98. The lowest BCUT2D eigenvalue weighted by molar-refractivity contribution is -0.119. The average Bonchev–Trinajstić information content (AvgIpc) is 2.87. The smallest absolute Gasteiger partial charge is 0.338 e. The lowest BCUT2D eigenvalue weighted by Gasteiger charge is -2.26. The lowest BCUT2D eigenvalue weighted by Crippen LogP contribution is -2.35. The van der Waals surface area contributed by atoms with Gasteiger partial charge in [0.15, 0.2) is 9.84 Å². The van der Waals surface area contributed by atoms with Crippen LogP contribution in [0, 0.1) is 0 Å². The molecule has 124 valence electrons. The molecule has 0 saturated carbocycles. The zero-order valence-corrected chi connectivity index (χ0v) is 13.5. The molecule has 2 heterocycles. The molecule has 1 aromatic rings. The highest BCUT2D eigenvalue weighted by atomic mass is 32.2. The van der Waals surface area contributed by atoms with Crippen molar-refractivity contribution in [3.05, 3.63) is 29.8 Å². The fourth-order valence-corrected chi connectivity index (χ4v) is 4.52. The number of sulfone groups is 1. The zero-order valence-electron chi connectivity index (χ0n) is 12.7. The first-order valence-corrected chi connectivity index (χ1v) is 9.58. The van der Waals surface area contributed by atoms with E-state index in [9.17, 15) is 18.0 Å². The van der Waals surface area contributed by atoms with Crippen molar-refractivity contribution in [1.82, 2.24) is 0 Å². The SMILES string of the molecule is O=C(O[C@@H]1CCS(=O)(=O)C1)c1ccc(N2CCCCC2=O)cc1. The molecule has 0 spiro atoms. The van der Waals surface area contributed by atoms with Crippen LogP contribution >= 0.6 is 0 Å². The Hall–Kier alpha value is -1.89. The van der Waals surface area contributed by atoms with Gasteiger partial charge in [-0.05, 0) is 43.5 Å². The van der Waals surface area contributed by atoms with Gasteiger partial charge in [0.2, 0.25) is 5.91 Å². The van der Waals surface area contributed by atoms with Gasteiger partial charge in [-0.2, -0.15) is 0 Å². The van der Waals surface area contributed by atoms with E-state index in [0.29, 0.717) is 24.9 Å². The molecular weight excluding hydrogens is 318 g/mol. The molecule has 2 aliphatic heterocycles. The van der Waals surface area contributed by atoms with E-state index in [4.69, 9.17) is 4.74 Å². The number of carbonyl (C=O) groups excluding carboxylic acids is 2. The van der Waals surface area contributed by atoms with Gasteiger partial charge >= 0.3 is 5.97 Å². The van der Waals surface area contributed by atoms with Crippen molar-refractivity contribution in [2.24, 2.45) is 0 Å². The first-order valence-electron chi connectivity index (χ1n) is 7.76. The highest BCUT2D eigenvalue weighted by molar-refractivity contribution is 7.91. The molecular formula is C16H19NO5S. The third kappa shape index (κ3) is 3.72. The van der Waals surface area contributed by atoms with Crippen LogP contribution in [0.25, 0.3) is 0 Å². The molecule has 0 N–H and O–H groups in total. The normalized spacial score (nSPS) is 23.7. The first-order chi connectivity index (χ1) is 10.9. The van der Waals surface area contributed by atoms with Gasteiger partial charge in [0, 0.05) is 18.7 Å². The number of hydrogen-bond acceptors (Lipinski definition) is 5. The van der Waals surface area contributed by atoms with Crippen LogP contribution in [0.15, 0.2) is 24.3 Å². The monoisotopic (exact) mass is 337 g/mol. The van der Waals surface area contributed by atoms with Crippen molar-refractivity contribution in [2.75, 3.05) is 23.0 Å².